The molecule has 0 aliphatic rings. The molecule has 20 heavy (non-hydrogen) atoms. The van der Waals surface area contributed by atoms with E-state index in [2.05, 4.69) is 10.3 Å². The van der Waals surface area contributed by atoms with Crippen molar-refractivity contribution >= 4 is 28.9 Å². The van der Waals surface area contributed by atoms with Gasteiger partial charge >= 0.3 is 5.97 Å². The number of amides is 1. The van der Waals surface area contributed by atoms with E-state index in [1.54, 1.807) is 29.8 Å². The highest BCUT2D eigenvalue weighted by atomic mass is 32.1. The Kier molecular flexibility index (Phi) is 4.84. The van der Waals surface area contributed by atoms with E-state index < -0.39 is 0 Å². The van der Waals surface area contributed by atoms with Gasteiger partial charge < -0.3 is 10.1 Å². The van der Waals surface area contributed by atoms with Crippen molar-refractivity contribution in [3.05, 3.63) is 46.4 Å². The summed E-state index contributed by atoms with van der Waals surface area (Å²) in [6.45, 7) is 2.34. The first-order valence-electron chi connectivity index (χ1n) is 6.17. The highest BCUT2D eigenvalue weighted by Crippen LogP contribution is 2.13. The molecule has 1 heterocycles. The van der Waals surface area contributed by atoms with E-state index in [4.69, 9.17) is 4.74 Å². The second-order valence-electron chi connectivity index (χ2n) is 4.03. The first-order chi connectivity index (χ1) is 9.70. The Morgan fingerprint density at radius 2 is 2.05 bits per heavy atom. The van der Waals surface area contributed by atoms with E-state index in [0.717, 1.165) is 6.42 Å². The fraction of sp³-hybridized carbons (Fsp3) is 0.214. The summed E-state index contributed by atoms with van der Waals surface area (Å²) in [4.78, 5) is 27.8. The van der Waals surface area contributed by atoms with E-state index in [9.17, 15) is 9.59 Å². The van der Waals surface area contributed by atoms with Crippen molar-refractivity contribution in [2.24, 2.45) is 0 Å². The Hall–Kier alpha value is -2.21. The predicted molar refractivity (Wildman–Crippen MR) is 77.1 cm³/mol. The van der Waals surface area contributed by atoms with Gasteiger partial charge in [0.1, 0.15) is 4.88 Å². The molecule has 6 heteroatoms. The fourth-order valence-corrected chi connectivity index (χ4v) is 2.00. The molecule has 0 atom stereocenters. The van der Waals surface area contributed by atoms with Crippen molar-refractivity contribution < 1.29 is 14.3 Å². The van der Waals surface area contributed by atoms with Crippen molar-refractivity contribution in [1.82, 2.24) is 4.98 Å². The zero-order valence-corrected chi connectivity index (χ0v) is 11.8. The summed E-state index contributed by atoms with van der Waals surface area (Å²) in [6, 6.07) is 6.59. The largest absolute Gasteiger partial charge is 0.462 e. The molecule has 1 N–H and O–H groups in total. The van der Waals surface area contributed by atoms with Crippen LogP contribution in [0.1, 0.15) is 33.4 Å². The molecule has 104 valence electrons. The summed E-state index contributed by atoms with van der Waals surface area (Å²) >= 11 is 1.27. The monoisotopic (exact) mass is 290 g/mol. The lowest BCUT2D eigenvalue weighted by atomic mass is 10.2. The van der Waals surface area contributed by atoms with E-state index in [1.165, 1.54) is 17.5 Å². The van der Waals surface area contributed by atoms with Gasteiger partial charge in [0.2, 0.25) is 0 Å². The van der Waals surface area contributed by atoms with E-state index in [0.29, 0.717) is 22.7 Å². The third-order valence-corrected chi connectivity index (χ3v) is 3.24. The van der Waals surface area contributed by atoms with Gasteiger partial charge in [-0.3, -0.25) is 9.78 Å². The minimum atomic E-state index is -0.354. The SMILES string of the molecule is CCCOC(=O)c1ccc(NC(=O)c2cncs2)cc1. The number of anilines is 1. The Morgan fingerprint density at radius 3 is 2.65 bits per heavy atom. The number of carbonyl (C=O) groups excluding carboxylic acids is 2. The molecule has 2 aromatic rings. The van der Waals surface area contributed by atoms with Gasteiger partial charge in [0.05, 0.1) is 23.9 Å². The van der Waals surface area contributed by atoms with E-state index in [1.807, 2.05) is 6.92 Å². The molecule has 0 saturated heterocycles. The summed E-state index contributed by atoms with van der Waals surface area (Å²) in [5.74, 6) is -0.569. The molecule has 0 radical (unpaired) electrons. The molecule has 1 amide bonds. The molecule has 0 unspecified atom stereocenters. The Morgan fingerprint density at radius 1 is 1.30 bits per heavy atom. The smallest absolute Gasteiger partial charge is 0.338 e. The number of thiazole rings is 1. The van der Waals surface area contributed by atoms with Crippen LogP contribution >= 0.6 is 11.3 Å². The second-order valence-corrected chi connectivity index (χ2v) is 4.92. The normalized spacial score (nSPS) is 10.1. The van der Waals surface area contributed by atoms with Crippen LogP contribution < -0.4 is 5.32 Å². The number of nitrogens with one attached hydrogen (secondary N) is 1. The van der Waals surface area contributed by atoms with Crippen molar-refractivity contribution in [3.63, 3.8) is 0 Å². The number of ether oxygens (including phenoxy) is 1. The first-order valence-corrected chi connectivity index (χ1v) is 7.05. The van der Waals surface area contributed by atoms with Gasteiger partial charge in [0.15, 0.2) is 0 Å². The van der Waals surface area contributed by atoms with Crippen molar-refractivity contribution in [3.8, 4) is 0 Å². The highest BCUT2D eigenvalue weighted by Gasteiger charge is 2.09. The number of rotatable bonds is 5. The summed E-state index contributed by atoms with van der Waals surface area (Å²) in [7, 11) is 0. The lowest BCUT2D eigenvalue weighted by molar-refractivity contribution is 0.0505. The number of nitrogens with zero attached hydrogens (tertiary/aromatic N) is 1. The van der Waals surface area contributed by atoms with Gasteiger partial charge in [-0.05, 0) is 30.7 Å². The zero-order chi connectivity index (χ0) is 14.4. The Bertz CT molecular complexity index is 579. The minimum Gasteiger partial charge on any atom is -0.462 e. The van der Waals surface area contributed by atoms with Gasteiger partial charge in [-0.1, -0.05) is 6.92 Å². The van der Waals surface area contributed by atoms with Crippen molar-refractivity contribution in [1.29, 1.82) is 0 Å². The predicted octanol–water partition coefficient (Wildman–Crippen LogP) is 2.96. The molecule has 1 aromatic carbocycles. The molecule has 5 nitrogen and oxygen atoms in total. The van der Waals surface area contributed by atoms with Crippen LogP contribution in [0.3, 0.4) is 0 Å². The molecule has 0 bridgehead atoms. The molecule has 0 fully saturated rings. The maximum absolute atomic E-state index is 11.8. The molecule has 0 aliphatic heterocycles. The zero-order valence-electron chi connectivity index (χ0n) is 11.0. The molecular weight excluding hydrogens is 276 g/mol. The van der Waals surface area contributed by atoms with Crippen LogP contribution in [0.2, 0.25) is 0 Å². The van der Waals surface area contributed by atoms with Crippen LogP contribution in [-0.4, -0.2) is 23.5 Å². The van der Waals surface area contributed by atoms with Crippen LogP contribution in [0.5, 0.6) is 0 Å². The lowest BCUT2D eigenvalue weighted by Crippen LogP contribution is -2.10. The maximum atomic E-state index is 11.8. The summed E-state index contributed by atoms with van der Waals surface area (Å²) in [6.07, 6.45) is 2.30. The lowest BCUT2D eigenvalue weighted by Gasteiger charge is -2.05. The molecule has 2 rings (SSSR count). The number of hydrogen-bond donors (Lipinski definition) is 1. The third-order valence-electron chi connectivity index (χ3n) is 2.47. The van der Waals surface area contributed by atoms with Gasteiger partial charge in [0, 0.05) is 5.69 Å². The number of carbonyl (C=O) groups is 2. The van der Waals surface area contributed by atoms with Gasteiger partial charge in [0.25, 0.3) is 5.91 Å². The maximum Gasteiger partial charge on any atom is 0.338 e. The van der Waals surface area contributed by atoms with Gasteiger partial charge in [-0.15, -0.1) is 11.3 Å². The fourth-order valence-electron chi connectivity index (χ4n) is 1.49. The second kappa shape index (κ2) is 6.81. The van der Waals surface area contributed by atoms with Gasteiger partial charge in [-0.2, -0.15) is 0 Å². The van der Waals surface area contributed by atoms with E-state index >= 15 is 0 Å². The van der Waals surface area contributed by atoms with Gasteiger partial charge in [-0.25, -0.2) is 4.79 Å². The number of aromatic nitrogens is 1. The van der Waals surface area contributed by atoms with Crippen LogP contribution in [0.25, 0.3) is 0 Å². The topological polar surface area (TPSA) is 68.3 Å². The Labute approximate surface area is 120 Å². The number of benzene rings is 1. The average molecular weight is 290 g/mol. The van der Waals surface area contributed by atoms with Crippen LogP contribution in [-0.2, 0) is 4.74 Å². The molecule has 0 spiro atoms. The average Bonchev–Trinajstić information content (AvgIpc) is 3.00. The molecule has 0 aliphatic carbocycles. The van der Waals surface area contributed by atoms with E-state index in [-0.39, 0.29) is 11.9 Å². The molecular formula is C14H14N2O3S. The van der Waals surface area contributed by atoms with Crippen LogP contribution in [0.15, 0.2) is 36.0 Å². The number of esters is 1. The standard InChI is InChI=1S/C14H14N2O3S/c1-2-7-19-14(18)10-3-5-11(6-4-10)16-13(17)12-8-15-9-20-12/h3-6,8-9H,2,7H2,1H3,(H,16,17). The van der Waals surface area contributed by atoms with Crippen LogP contribution in [0.4, 0.5) is 5.69 Å². The third kappa shape index (κ3) is 3.64. The molecule has 1 aromatic heterocycles. The Balaban J connectivity index is 1.98. The summed E-state index contributed by atoms with van der Waals surface area (Å²) in [5.41, 5.74) is 2.69. The minimum absolute atomic E-state index is 0.214. The quantitative estimate of drug-likeness (QED) is 0.860. The van der Waals surface area contributed by atoms with Crippen molar-refractivity contribution in [2.45, 2.75) is 13.3 Å². The number of hydrogen-bond acceptors (Lipinski definition) is 5. The highest BCUT2D eigenvalue weighted by molar-refractivity contribution is 7.11. The summed E-state index contributed by atoms with van der Waals surface area (Å²) < 4.78 is 5.02. The van der Waals surface area contributed by atoms with Crippen molar-refractivity contribution in [2.75, 3.05) is 11.9 Å². The molecule has 0 saturated carbocycles. The summed E-state index contributed by atoms with van der Waals surface area (Å²) in [5, 5.41) is 2.73. The van der Waals surface area contributed by atoms with Crippen LogP contribution in [0, 0.1) is 0 Å². The first kappa shape index (κ1) is 14.2.